The van der Waals surface area contributed by atoms with Gasteiger partial charge in [-0.2, -0.15) is 26.3 Å². The summed E-state index contributed by atoms with van der Waals surface area (Å²) in [5.74, 6) is 0.167. The van der Waals surface area contributed by atoms with Crippen LogP contribution in [0, 0.1) is 0 Å². The van der Waals surface area contributed by atoms with Crippen LogP contribution >= 0.6 is 0 Å². The van der Waals surface area contributed by atoms with Crippen molar-refractivity contribution in [2.45, 2.75) is 26.2 Å². The van der Waals surface area contributed by atoms with E-state index in [4.69, 9.17) is 5.73 Å². The minimum atomic E-state index is -4.88. The Morgan fingerprint density at radius 3 is 1.60 bits per heavy atom. The molecule has 2 aromatic rings. The van der Waals surface area contributed by atoms with Crippen molar-refractivity contribution in [1.82, 2.24) is 0 Å². The van der Waals surface area contributed by atoms with Gasteiger partial charge in [0.05, 0.1) is 11.1 Å². The van der Waals surface area contributed by atoms with Gasteiger partial charge in [0.25, 0.3) is 0 Å². The highest BCUT2D eigenvalue weighted by Crippen LogP contribution is 2.39. The van der Waals surface area contributed by atoms with Gasteiger partial charge in [0.2, 0.25) is 0 Å². The highest BCUT2D eigenvalue weighted by molar-refractivity contribution is 5.77. The minimum absolute atomic E-state index is 0.0859. The number of ketones is 1. The number of benzene rings is 2. The van der Waals surface area contributed by atoms with Gasteiger partial charge in [0.1, 0.15) is 5.78 Å². The summed E-state index contributed by atoms with van der Waals surface area (Å²) in [6.07, 6.45) is -9.75. The molecule has 0 atom stereocenters. The highest BCUT2D eigenvalue weighted by Gasteiger charge is 2.37. The molecule has 0 aliphatic carbocycles. The molecule has 0 spiro atoms. The molecule has 2 rings (SSSR count). The normalized spacial score (nSPS) is 11.5. The predicted octanol–water partition coefficient (Wildman–Crippen LogP) is 5.57. The summed E-state index contributed by atoms with van der Waals surface area (Å²) in [5, 5.41) is 0. The molecule has 0 saturated carbocycles. The van der Waals surface area contributed by atoms with E-state index in [9.17, 15) is 31.1 Å². The van der Waals surface area contributed by atoms with E-state index < -0.39 is 23.5 Å². The van der Waals surface area contributed by atoms with Crippen LogP contribution < -0.4 is 5.73 Å². The van der Waals surface area contributed by atoms with Crippen molar-refractivity contribution in [3.05, 3.63) is 53.6 Å². The zero-order valence-electron chi connectivity index (χ0n) is 13.3. The van der Waals surface area contributed by atoms with Gasteiger partial charge in [0.15, 0.2) is 0 Å². The average Bonchev–Trinajstić information content (AvgIpc) is 2.45. The lowest BCUT2D eigenvalue weighted by Gasteiger charge is -2.15. The molecule has 2 N–H and O–H groups in total. The van der Waals surface area contributed by atoms with E-state index in [1.165, 1.54) is 38.1 Å². The Kier molecular flexibility index (Phi) is 6.23. The number of hydrogen-bond donors (Lipinski definition) is 1. The highest BCUT2D eigenvalue weighted by atomic mass is 19.4. The Bertz CT molecular complexity index is 713. The molecule has 0 amide bonds. The maximum atomic E-state index is 12.8. The number of rotatable bonds is 1. The first-order valence-electron chi connectivity index (χ1n) is 6.94. The van der Waals surface area contributed by atoms with Crippen LogP contribution in [0.15, 0.2) is 42.5 Å². The first-order chi connectivity index (χ1) is 11.3. The zero-order chi connectivity index (χ0) is 19.4. The number of Topliss-reactive ketones (excluding diaryl/α,β-unsaturated/α-hetero) is 1. The topological polar surface area (TPSA) is 43.1 Å². The number of anilines is 1. The van der Waals surface area contributed by atoms with Crippen molar-refractivity contribution in [3.8, 4) is 11.1 Å². The lowest BCUT2D eigenvalue weighted by Crippen LogP contribution is -2.11. The molecule has 25 heavy (non-hydrogen) atoms. The Hall–Kier alpha value is -2.51. The van der Waals surface area contributed by atoms with Gasteiger partial charge in [-0.3, -0.25) is 0 Å². The van der Waals surface area contributed by atoms with E-state index in [1.54, 1.807) is 0 Å². The van der Waals surface area contributed by atoms with Crippen molar-refractivity contribution in [2.75, 3.05) is 5.73 Å². The third kappa shape index (κ3) is 6.13. The fourth-order valence-corrected chi connectivity index (χ4v) is 1.87. The van der Waals surface area contributed by atoms with E-state index in [2.05, 4.69) is 0 Å². The van der Waals surface area contributed by atoms with Gasteiger partial charge < -0.3 is 10.5 Å². The Labute approximate surface area is 140 Å². The number of nitrogen functional groups attached to an aromatic ring is 1. The third-order valence-corrected chi connectivity index (χ3v) is 2.86. The van der Waals surface area contributed by atoms with Crippen molar-refractivity contribution in [3.63, 3.8) is 0 Å². The number of alkyl halides is 6. The van der Waals surface area contributed by atoms with E-state index in [0.29, 0.717) is 12.1 Å². The van der Waals surface area contributed by atoms with Crippen LogP contribution in [0.4, 0.5) is 32.0 Å². The summed E-state index contributed by atoms with van der Waals surface area (Å²) in [4.78, 5) is 9.44. The van der Waals surface area contributed by atoms with Gasteiger partial charge in [-0.25, -0.2) is 0 Å². The summed E-state index contributed by atoms with van der Waals surface area (Å²) in [7, 11) is 0. The summed E-state index contributed by atoms with van der Waals surface area (Å²) in [5.41, 5.74) is 2.87. The second-order valence-electron chi connectivity index (χ2n) is 5.29. The standard InChI is InChI=1S/C14H9F6N.C3H6O/c15-13(16,17)9-5-8(6-10(7-9)14(18,19)20)11-3-1-2-4-12(11)21;1-3(2)4/h1-7H,21H2;1-2H3. The predicted molar refractivity (Wildman–Crippen MR) is 82.6 cm³/mol. The molecule has 2 nitrogen and oxygen atoms in total. The number of hydrogen-bond acceptors (Lipinski definition) is 2. The van der Waals surface area contributed by atoms with Crippen LogP contribution in [0.3, 0.4) is 0 Å². The second kappa shape index (κ2) is 7.58. The van der Waals surface area contributed by atoms with E-state index in [-0.39, 0.29) is 28.7 Å². The molecule has 0 radical (unpaired) electrons. The minimum Gasteiger partial charge on any atom is -0.398 e. The van der Waals surface area contributed by atoms with Crippen molar-refractivity contribution in [2.24, 2.45) is 0 Å². The number of halogens is 6. The SMILES string of the molecule is CC(C)=O.Nc1ccccc1-c1cc(C(F)(F)F)cc(C(F)(F)F)c1. The van der Waals surface area contributed by atoms with Gasteiger partial charge in [-0.1, -0.05) is 18.2 Å². The number of carbonyl (C=O) groups is 1. The summed E-state index contributed by atoms with van der Waals surface area (Å²) in [6.45, 7) is 3.06. The molecule has 0 aliphatic heterocycles. The molecule has 136 valence electrons. The monoisotopic (exact) mass is 363 g/mol. The third-order valence-electron chi connectivity index (χ3n) is 2.86. The molecule has 0 bridgehead atoms. The van der Waals surface area contributed by atoms with Crippen LogP contribution in [0.25, 0.3) is 11.1 Å². The van der Waals surface area contributed by atoms with E-state index >= 15 is 0 Å². The molecule has 2 aromatic carbocycles. The van der Waals surface area contributed by atoms with Crippen LogP contribution in [-0.4, -0.2) is 5.78 Å². The number of para-hydroxylation sites is 1. The molecular formula is C17H15F6NO. The average molecular weight is 363 g/mol. The smallest absolute Gasteiger partial charge is 0.398 e. The lowest BCUT2D eigenvalue weighted by molar-refractivity contribution is -0.143. The molecule has 0 saturated heterocycles. The van der Waals surface area contributed by atoms with Gasteiger partial charge in [0, 0.05) is 11.3 Å². The Morgan fingerprint density at radius 1 is 0.840 bits per heavy atom. The maximum Gasteiger partial charge on any atom is 0.416 e. The van der Waals surface area contributed by atoms with Gasteiger partial charge >= 0.3 is 12.4 Å². The largest absolute Gasteiger partial charge is 0.416 e. The first-order valence-corrected chi connectivity index (χ1v) is 6.94. The molecule has 0 aliphatic rings. The van der Waals surface area contributed by atoms with Crippen LogP contribution in [0.1, 0.15) is 25.0 Å². The second-order valence-corrected chi connectivity index (χ2v) is 5.29. The number of carbonyl (C=O) groups excluding carboxylic acids is 1. The van der Waals surface area contributed by atoms with Gasteiger partial charge in [-0.05, 0) is 43.7 Å². The summed E-state index contributed by atoms with van der Waals surface area (Å²) >= 11 is 0. The zero-order valence-corrected chi connectivity index (χ0v) is 13.3. The molecule has 0 unspecified atom stereocenters. The Balaban J connectivity index is 0.000000705. The molecule has 8 heteroatoms. The van der Waals surface area contributed by atoms with Crippen molar-refractivity contribution < 1.29 is 31.1 Å². The van der Waals surface area contributed by atoms with Crippen LogP contribution in [0.5, 0.6) is 0 Å². The quantitative estimate of drug-likeness (QED) is 0.532. The van der Waals surface area contributed by atoms with Gasteiger partial charge in [-0.15, -0.1) is 0 Å². The molecular weight excluding hydrogens is 348 g/mol. The summed E-state index contributed by atoms with van der Waals surface area (Å²) in [6, 6.07) is 7.19. The number of nitrogens with two attached hydrogens (primary N) is 1. The molecule has 0 aromatic heterocycles. The van der Waals surface area contributed by atoms with E-state index in [0.717, 1.165) is 0 Å². The van der Waals surface area contributed by atoms with E-state index in [1.807, 2.05) is 0 Å². The maximum absolute atomic E-state index is 12.8. The van der Waals surface area contributed by atoms with Crippen molar-refractivity contribution >= 4 is 11.5 Å². The molecule has 0 fully saturated rings. The Morgan fingerprint density at radius 2 is 1.24 bits per heavy atom. The fraction of sp³-hybridized carbons (Fsp3) is 0.235. The van der Waals surface area contributed by atoms with Crippen LogP contribution in [-0.2, 0) is 17.1 Å². The first kappa shape index (κ1) is 20.5. The summed E-state index contributed by atoms with van der Waals surface area (Å²) < 4.78 is 76.5. The van der Waals surface area contributed by atoms with Crippen LogP contribution in [0.2, 0.25) is 0 Å². The molecule has 0 heterocycles. The fourth-order valence-electron chi connectivity index (χ4n) is 1.87. The van der Waals surface area contributed by atoms with Crippen molar-refractivity contribution in [1.29, 1.82) is 0 Å². The lowest BCUT2D eigenvalue weighted by atomic mass is 9.98.